The Morgan fingerprint density at radius 3 is 2.58 bits per heavy atom. The lowest BCUT2D eigenvalue weighted by Gasteiger charge is -2.08. The Hall–Kier alpha value is -2.38. The van der Waals surface area contributed by atoms with Gasteiger partial charge in [0, 0.05) is 42.5 Å². The van der Waals surface area contributed by atoms with E-state index in [0.717, 1.165) is 39.5 Å². The van der Waals surface area contributed by atoms with Crippen LogP contribution in [0, 0.1) is 0 Å². The first kappa shape index (κ1) is 18.4. The van der Waals surface area contributed by atoms with Gasteiger partial charge in [0.2, 0.25) is 0 Å². The van der Waals surface area contributed by atoms with Gasteiger partial charge in [-0.3, -0.25) is 4.98 Å². The number of pyridine rings is 1. The van der Waals surface area contributed by atoms with Gasteiger partial charge in [0.05, 0.1) is 5.56 Å². The molecule has 0 saturated heterocycles. The number of alkyl halides is 3. The van der Waals surface area contributed by atoms with Crippen molar-refractivity contribution in [3.8, 4) is 16.2 Å². The van der Waals surface area contributed by atoms with Crippen LogP contribution in [-0.4, -0.2) is 18.1 Å². The molecule has 0 amide bonds. The van der Waals surface area contributed by atoms with Crippen molar-refractivity contribution in [1.82, 2.24) is 10.3 Å². The summed E-state index contributed by atoms with van der Waals surface area (Å²) in [6.07, 6.45) is -0.723. The molecule has 2 heterocycles. The molecule has 0 aliphatic rings. The quantitative estimate of drug-likeness (QED) is 0.588. The van der Waals surface area contributed by atoms with Crippen LogP contribution in [0.4, 0.5) is 13.2 Å². The first-order valence-electron chi connectivity index (χ1n) is 8.01. The molecule has 26 heavy (non-hydrogen) atoms. The van der Waals surface area contributed by atoms with Crippen LogP contribution >= 0.6 is 11.3 Å². The number of hydrogen-bond donors (Lipinski definition) is 1. The molecule has 1 N–H and O–H groups in total. The molecule has 7 heteroatoms. The van der Waals surface area contributed by atoms with Gasteiger partial charge in [-0.1, -0.05) is 30.3 Å². The Labute approximate surface area is 153 Å². The van der Waals surface area contributed by atoms with Crippen LogP contribution in [0.15, 0.2) is 60.2 Å². The van der Waals surface area contributed by atoms with E-state index in [4.69, 9.17) is 4.74 Å². The summed E-state index contributed by atoms with van der Waals surface area (Å²) in [5.74, 6) is 0. The van der Waals surface area contributed by atoms with E-state index in [9.17, 15) is 13.2 Å². The third-order valence-corrected chi connectivity index (χ3v) is 4.50. The highest BCUT2D eigenvalue weighted by Crippen LogP contribution is 2.35. The molecule has 3 nitrogen and oxygen atoms in total. The fourth-order valence-corrected chi connectivity index (χ4v) is 3.16. The van der Waals surface area contributed by atoms with Crippen molar-refractivity contribution >= 4 is 11.3 Å². The molecule has 3 aromatic rings. The second-order valence-electron chi connectivity index (χ2n) is 5.63. The lowest BCUT2D eigenvalue weighted by Crippen LogP contribution is -2.20. The molecule has 0 atom stereocenters. The number of ether oxygens (including phenoxy) is 1. The molecule has 0 fully saturated rings. The van der Waals surface area contributed by atoms with E-state index in [0.29, 0.717) is 19.7 Å². The highest BCUT2D eigenvalue weighted by atomic mass is 32.1. The van der Waals surface area contributed by atoms with Gasteiger partial charge in [-0.15, -0.1) is 11.3 Å². The first-order valence-corrected chi connectivity index (χ1v) is 8.89. The summed E-state index contributed by atoms with van der Waals surface area (Å²) in [7, 11) is 0. The third kappa shape index (κ3) is 5.06. The van der Waals surface area contributed by atoms with Gasteiger partial charge < -0.3 is 10.1 Å². The van der Waals surface area contributed by atoms with Crippen molar-refractivity contribution < 1.29 is 17.9 Å². The minimum Gasteiger partial charge on any atom is -0.483 e. The van der Waals surface area contributed by atoms with E-state index in [-0.39, 0.29) is 5.06 Å². The molecule has 0 saturated carbocycles. The molecule has 1 aromatic carbocycles. The molecule has 0 aliphatic heterocycles. The molecular weight excluding hydrogens is 361 g/mol. The van der Waals surface area contributed by atoms with Gasteiger partial charge in [0.1, 0.15) is 6.61 Å². The van der Waals surface area contributed by atoms with Gasteiger partial charge in [-0.05, 0) is 17.2 Å². The topological polar surface area (TPSA) is 34.1 Å². The maximum absolute atomic E-state index is 12.5. The van der Waals surface area contributed by atoms with Gasteiger partial charge in [0.25, 0.3) is 0 Å². The Morgan fingerprint density at radius 2 is 1.85 bits per heavy atom. The van der Waals surface area contributed by atoms with Crippen LogP contribution in [0.2, 0.25) is 0 Å². The Kier molecular flexibility index (Phi) is 5.90. The van der Waals surface area contributed by atoms with Crippen molar-refractivity contribution in [2.24, 2.45) is 0 Å². The van der Waals surface area contributed by atoms with E-state index in [1.54, 1.807) is 6.20 Å². The SMILES string of the molecule is FC(F)(F)c1csc(OCCNCc2cncc(-c3ccccc3)c2)c1. The van der Waals surface area contributed by atoms with Crippen molar-refractivity contribution in [2.75, 3.05) is 13.2 Å². The zero-order chi connectivity index (χ0) is 18.4. The average molecular weight is 378 g/mol. The minimum atomic E-state index is -4.33. The summed E-state index contributed by atoms with van der Waals surface area (Å²) in [6, 6.07) is 13.1. The van der Waals surface area contributed by atoms with E-state index in [1.165, 1.54) is 0 Å². The van der Waals surface area contributed by atoms with Crippen LogP contribution in [0.1, 0.15) is 11.1 Å². The maximum atomic E-state index is 12.5. The minimum absolute atomic E-state index is 0.270. The molecule has 0 radical (unpaired) electrons. The van der Waals surface area contributed by atoms with E-state index in [1.807, 2.05) is 36.5 Å². The summed E-state index contributed by atoms with van der Waals surface area (Å²) < 4.78 is 42.9. The van der Waals surface area contributed by atoms with Gasteiger partial charge in [0.15, 0.2) is 5.06 Å². The Balaban J connectivity index is 1.45. The number of nitrogens with zero attached hydrogens (tertiary/aromatic N) is 1. The fourth-order valence-electron chi connectivity index (χ4n) is 2.37. The molecular formula is C19H17F3N2OS. The molecule has 0 bridgehead atoms. The fraction of sp³-hybridized carbons (Fsp3) is 0.211. The number of rotatable bonds is 7. The van der Waals surface area contributed by atoms with Crippen LogP contribution in [0.3, 0.4) is 0 Å². The zero-order valence-corrected chi connectivity index (χ0v) is 14.6. The second-order valence-corrected chi connectivity index (χ2v) is 6.50. The molecule has 0 unspecified atom stereocenters. The maximum Gasteiger partial charge on any atom is 0.417 e. The summed E-state index contributed by atoms with van der Waals surface area (Å²) in [5.41, 5.74) is 2.50. The van der Waals surface area contributed by atoms with Crippen molar-refractivity contribution in [2.45, 2.75) is 12.7 Å². The number of thiophene rings is 1. The smallest absolute Gasteiger partial charge is 0.417 e. The van der Waals surface area contributed by atoms with E-state index >= 15 is 0 Å². The summed E-state index contributed by atoms with van der Waals surface area (Å²) in [6.45, 7) is 1.42. The van der Waals surface area contributed by atoms with Gasteiger partial charge >= 0.3 is 6.18 Å². The molecule has 2 aromatic heterocycles. The number of hydrogen-bond acceptors (Lipinski definition) is 4. The third-order valence-electron chi connectivity index (χ3n) is 3.66. The molecule has 0 spiro atoms. The Morgan fingerprint density at radius 1 is 1.04 bits per heavy atom. The standard InChI is InChI=1S/C19H17F3N2OS/c20-19(21,22)17-9-18(26-13-17)25-7-6-23-10-14-8-16(12-24-11-14)15-4-2-1-3-5-15/h1-5,8-9,11-13,23H,6-7,10H2. The van der Waals surface area contributed by atoms with Crippen LogP contribution in [0.25, 0.3) is 11.1 Å². The van der Waals surface area contributed by atoms with Gasteiger partial charge in [-0.25, -0.2) is 0 Å². The Bertz CT molecular complexity index is 834. The lowest BCUT2D eigenvalue weighted by molar-refractivity contribution is -0.137. The predicted molar refractivity (Wildman–Crippen MR) is 96.2 cm³/mol. The second kappa shape index (κ2) is 8.33. The van der Waals surface area contributed by atoms with Crippen molar-refractivity contribution in [3.63, 3.8) is 0 Å². The van der Waals surface area contributed by atoms with Gasteiger partial charge in [-0.2, -0.15) is 13.2 Å². The summed E-state index contributed by atoms with van der Waals surface area (Å²) >= 11 is 0.950. The molecule has 136 valence electrons. The highest BCUT2D eigenvalue weighted by molar-refractivity contribution is 7.12. The van der Waals surface area contributed by atoms with Crippen molar-refractivity contribution in [3.05, 3.63) is 71.4 Å². The predicted octanol–water partition coefficient (Wildman–Crippen LogP) is 5.00. The monoisotopic (exact) mass is 378 g/mol. The van der Waals surface area contributed by atoms with E-state index < -0.39 is 11.7 Å². The highest BCUT2D eigenvalue weighted by Gasteiger charge is 2.31. The molecule has 3 rings (SSSR count). The normalized spacial score (nSPS) is 11.5. The van der Waals surface area contributed by atoms with E-state index in [2.05, 4.69) is 16.4 Å². The molecule has 0 aliphatic carbocycles. The first-order chi connectivity index (χ1) is 12.5. The lowest BCUT2D eigenvalue weighted by atomic mass is 10.1. The van der Waals surface area contributed by atoms with Crippen LogP contribution in [-0.2, 0) is 12.7 Å². The van der Waals surface area contributed by atoms with Crippen LogP contribution in [0.5, 0.6) is 5.06 Å². The largest absolute Gasteiger partial charge is 0.483 e. The number of nitrogens with one attached hydrogen (secondary N) is 1. The average Bonchev–Trinajstić information content (AvgIpc) is 3.12. The number of halogens is 3. The van der Waals surface area contributed by atoms with Crippen LogP contribution < -0.4 is 10.1 Å². The summed E-state index contributed by atoms with van der Waals surface area (Å²) in [4.78, 5) is 4.26. The zero-order valence-electron chi connectivity index (χ0n) is 13.8. The number of benzene rings is 1. The number of aromatic nitrogens is 1. The van der Waals surface area contributed by atoms with Crippen molar-refractivity contribution in [1.29, 1.82) is 0 Å². The summed E-state index contributed by atoms with van der Waals surface area (Å²) in [5, 5.41) is 4.53.